The first-order chi connectivity index (χ1) is 23.5. The highest BCUT2D eigenvalue weighted by Crippen LogP contribution is 2.13. The number of carbonyl (C=O) groups excluding carboxylic acids is 4. The van der Waals surface area contributed by atoms with Crippen LogP contribution in [0.1, 0.15) is 168 Å². The molecule has 0 amide bonds. The zero-order valence-electron chi connectivity index (χ0n) is 30.7. The zero-order valence-corrected chi connectivity index (χ0v) is 32.3. The molecule has 0 N–H and O–H groups in total. The summed E-state index contributed by atoms with van der Waals surface area (Å²) in [4.78, 5) is 47.5. The fraction of sp³-hybridized carbons (Fsp3) is 0.895. The molecule has 0 unspecified atom stereocenters. The Morgan fingerprint density at radius 1 is 0.333 bits per heavy atom. The summed E-state index contributed by atoms with van der Waals surface area (Å²) in [5.74, 6) is 1.29. The molecule has 0 rings (SSSR count). The molecule has 0 aromatic carbocycles. The van der Waals surface area contributed by atoms with Crippen molar-refractivity contribution in [3.63, 3.8) is 0 Å². The van der Waals surface area contributed by atoms with Crippen LogP contribution >= 0.6 is 23.5 Å². The summed E-state index contributed by atoms with van der Waals surface area (Å²) in [6.45, 7) is 5.52. The van der Waals surface area contributed by atoms with Crippen LogP contribution in [0.4, 0.5) is 0 Å². The van der Waals surface area contributed by atoms with Gasteiger partial charge in [-0.2, -0.15) is 23.5 Å². The van der Waals surface area contributed by atoms with Gasteiger partial charge in [-0.15, -0.1) is 0 Å². The fourth-order valence-electron chi connectivity index (χ4n) is 4.98. The molecule has 0 bridgehead atoms. The Hall–Kier alpha value is -1.42. The molecule has 0 saturated heterocycles. The van der Waals surface area contributed by atoms with Crippen LogP contribution in [0.5, 0.6) is 0 Å². The van der Waals surface area contributed by atoms with Gasteiger partial charge in [-0.1, -0.05) is 129 Å². The number of thioether (sulfide) groups is 2. The molecule has 0 radical (unpaired) electrons. The number of esters is 4. The summed E-state index contributed by atoms with van der Waals surface area (Å²) in [5, 5.41) is 0. The van der Waals surface area contributed by atoms with Crippen molar-refractivity contribution in [3.8, 4) is 0 Å². The van der Waals surface area contributed by atoms with Gasteiger partial charge in [0, 0.05) is 23.0 Å². The molecule has 0 heterocycles. The third-order valence-corrected chi connectivity index (χ3v) is 9.90. The van der Waals surface area contributed by atoms with E-state index in [1.807, 2.05) is 0 Å². The van der Waals surface area contributed by atoms with Gasteiger partial charge in [0.25, 0.3) is 0 Å². The maximum Gasteiger partial charge on any atom is 0.306 e. The van der Waals surface area contributed by atoms with Gasteiger partial charge in [0.05, 0.1) is 38.9 Å². The van der Waals surface area contributed by atoms with Crippen LogP contribution in [0.15, 0.2) is 0 Å². The largest absolute Gasteiger partial charge is 0.466 e. The molecule has 0 fully saturated rings. The number of rotatable bonds is 37. The molecule has 0 aromatic heterocycles. The molecule has 0 atom stereocenters. The number of hydrogen-bond donors (Lipinski definition) is 0. The molecule has 282 valence electrons. The minimum absolute atomic E-state index is 0.0263. The monoisotopic (exact) mass is 718 g/mol. The predicted octanol–water partition coefficient (Wildman–Crippen LogP) is 10.0. The Labute approximate surface area is 302 Å². The van der Waals surface area contributed by atoms with Crippen LogP contribution in [-0.2, 0) is 38.1 Å². The van der Waals surface area contributed by atoms with Gasteiger partial charge in [-0.05, 0) is 12.8 Å². The average Bonchev–Trinajstić information content (AvgIpc) is 3.07. The Bertz CT molecular complexity index is 703. The van der Waals surface area contributed by atoms with E-state index in [9.17, 15) is 19.2 Å². The quantitative estimate of drug-likeness (QED) is 0.0350. The van der Waals surface area contributed by atoms with Crippen molar-refractivity contribution in [2.24, 2.45) is 0 Å². The van der Waals surface area contributed by atoms with Crippen molar-refractivity contribution in [1.29, 1.82) is 0 Å². The van der Waals surface area contributed by atoms with Gasteiger partial charge in [-0.3, -0.25) is 19.2 Å². The smallest absolute Gasteiger partial charge is 0.306 e. The molecular formula is C38H70O8S2. The molecule has 8 nitrogen and oxygen atoms in total. The molecule has 0 aliphatic carbocycles. The van der Waals surface area contributed by atoms with Gasteiger partial charge in [-0.25, -0.2) is 0 Å². The highest BCUT2D eigenvalue weighted by molar-refractivity contribution is 7.99. The van der Waals surface area contributed by atoms with Crippen LogP contribution in [0.25, 0.3) is 0 Å². The number of unbranched alkanes of at least 4 members (excludes halogenated alkanes) is 18. The first-order valence-electron chi connectivity index (χ1n) is 19.3. The van der Waals surface area contributed by atoms with Crippen molar-refractivity contribution in [3.05, 3.63) is 0 Å². The highest BCUT2D eigenvalue weighted by Gasteiger charge is 2.08. The topological polar surface area (TPSA) is 105 Å². The molecule has 0 aromatic rings. The molecule has 0 spiro atoms. The van der Waals surface area contributed by atoms with Gasteiger partial charge >= 0.3 is 23.9 Å². The number of ether oxygens (including phenoxy) is 4. The van der Waals surface area contributed by atoms with E-state index in [0.717, 1.165) is 25.7 Å². The minimum atomic E-state index is -0.349. The normalized spacial score (nSPS) is 11.0. The van der Waals surface area contributed by atoms with E-state index in [1.165, 1.54) is 126 Å². The van der Waals surface area contributed by atoms with Crippen LogP contribution < -0.4 is 0 Å². The number of carbonyl (C=O) groups is 4. The van der Waals surface area contributed by atoms with E-state index >= 15 is 0 Å². The first kappa shape index (κ1) is 46.6. The molecular weight excluding hydrogens is 649 g/mol. The third kappa shape index (κ3) is 37.4. The second kappa shape index (κ2) is 38.4. The van der Waals surface area contributed by atoms with Gasteiger partial charge < -0.3 is 18.9 Å². The van der Waals surface area contributed by atoms with Gasteiger partial charge in [0.1, 0.15) is 13.2 Å². The standard InChI is InChI=1S/C38H70O8S2/c1-3-5-7-9-11-13-15-17-19-21-27-43-35(39)23-31-47-33-25-37(41)45-29-30-46-38(42)26-34-48-32-24-36(40)44-28-22-20-18-16-14-12-10-8-6-4-2/h3-34H2,1-2H3. The Kier molecular flexibility index (Phi) is 37.2. The maximum absolute atomic E-state index is 11.9. The summed E-state index contributed by atoms with van der Waals surface area (Å²) >= 11 is 3.04. The second-order valence-electron chi connectivity index (χ2n) is 12.5. The maximum atomic E-state index is 11.9. The molecule has 0 saturated carbocycles. The first-order valence-corrected chi connectivity index (χ1v) is 21.6. The van der Waals surface area contributed by atoms with E-state index in [2.05, 4.69) is 13.8 Å². The van der Waals surface area contributed by atoms with Crippen LogP contribution in [0.3, 0.4) is 0 Å². The van der Waals surface area contributed by atoms with Gasteiger partial charge in [0.2, 0.25) is 0 Å². The predicted molar refractivity (Wildman–Crippen MR) is 201 cm³/mol. The van der Waals surface area contributed by atoms with Gasteiger partial charge in [0.15, 0.2) is 0 Å². The lowest BCUT2D eigenvalue weighted by Crippen LogP contribution is -2.15. The lowest BCUT2D eigenvalue weighted by molar-refractivity contribution is -0.151. The average molecular weight is 719 g/mol. The fourth-order valence-corrected chi connectivity index (χ4v) is 6.63. The summed E-state index contributed by atoms with van der Waals surface area (Å²) < 4.78 is 20.8. The zero-order chi connectivity index (χ0) is 35.2. The molecule has 48 heavy (non-hydrogen) atoms. The van der Waals surface area contributed by atoms with Crippen molar-refractivity contribution < 1.29 is 38.1 Å². The SMILES string of the molecule is CCCCCCCCCCCCOC(=O)CCSCCC(=O)OCCOC(=O)CCSCCC(=O)OCCCCCCCCCCCC. The van der Waals surface area contributed by atoms with E-state index < -0.39 is 0 Å². The third-order valence-electron chi connectivity index (χ3n) is 7.93. The molecule has 0 aliphatic rings. The molecule has 0 aliphatic heterocycles. The van der Waals surface area contributed by atoms with Crippen LogP contribution in [0.2, 0.25) is 0 Å². The Balaban J connectivity index is 3.43. The second-order valence-corrected chi connectivity index (χ2v) is 14.9. The van der Waals surface area contributed by atoms with Crippen LogP contribution in [-0.4, -0.2) is 73.3 Å². The van der Waals surface area contributed by atoms with Crippen molar-refractivity contribution in [1.82, 2.24) is 0 Å². The van der Waals surface area contributed by atoms with Crippen molar-refractivity contribution >= 4 is 47.4 Å². The lowest BCUT2D eigenvalue weighted by Gasteiger charge is -2.07. The summed E-state index contributed by atoms with van der Waals surface area (Å²) in [6.07, 6.45) is 26.2. The number of hydrogen-bond acceptors (Lipinski definition) is 10. The Morgan fingerprint density at radius 3 is 0.833 bits per heavy atom. The molecule has 10 heteroatoms. The summed E-state index contributed by atoms with van der Waals surface area (Å²) in [6, 6.07) is 0. The summed E-state index contributed by atoms with van der Waals surface area (Å²) in [5.41, 5.74) is 0. The van der Waals surface area contributed by atoms with Crippen molar-refractivity contribution in [2.75, 3.05) is 49.4 Å². The van der Waals surface area contributed by atoms with E-state index in [0.29, 0.717) is 49.1 Å². The lowest BCUT2D eigenvalue weighted by atomic mass is 10.1. The van der Waals surface area contributed by atoms with E-state index in [-0.39, 0.29) is 49.9 Å². The van der Waals surface area contributed by atoms with E-state index in [4.69, 9.17) is 18.9 Å². The summed E-state index contributed by atoms with van der Waals surface area (Å²) in [7, 11) is 0. The Morgan fingerprint density at radius 2 is 0.562 bits per heavy atom. The highest BCUT2D eigenvalue weighted by atomic mass is 32.2. The van der Waals surface area contributed by atoms with E-state index in [1.54, 1.807) is 0 Å². The van der Waals surface area contributed by atoms with Crippen LogP contribution in [0, 0.1) is 0 Å². The minimum Gasteiger partial charge on any atom is -0.466 e. The van der Waals surface area contributed by atoms with Crippen molar-refractivity contribution in [2.45, 2.75) is 168 Å².